The van der Waals surface area contributed by atoms with E-state index in [-0.39, 0.29) is 24.0 Å². The second-order valence-electron chi connectivity index (χ2n) is 4.76. The molecule has 6 heteroatoms. The van der Waals surface area contributed by atoms with E-state index in [0.29, 0.717) is 11.1 Å². The lowest BCUT2D eigenvalue weighted by molar-refractivity contribution is 0.0925. The normalized spacial score (nSPS) is 15.1. The number of nitriles is 1. The number of carbonyl (C=O) groups excluding carboxylic acids is 1. The number of hydrogen-bond donors (Lipinski definition) is 2. The lowest BCUT2D eigenvalue weighted by Crippen LogP contribution is -2.42. The maximum atomic E-state index is 13.8. The number of benzene rings is 1. The van der Waals surface area contributed by atoms with Crippen molar-refractivity contribution in [1.29, 1.82) is 5.26 Å². The van der Waals surface area contributed by atoms with Gasteiger partial charge in [-0.2, -0.15) is 5.26 Å². The van der Waals surface area contributed by atoms with Gasteiger partial charge in [-0.1, -0.05) is 0 Å². The smallest absolute Gasteiger partial charge is 0.254 e. The molecule has 1 heterocycles. The SMILES string of the molecule is Cc1cc(F)c(C(=O)NC2CCNCC2)cc1C#N.Cl. The van der Waals surface area contributed by atoms with Gasteiger partial charge < -0.3 is 10.6 Å². The summed E-state index contributed by atoms with van der Waals surface area (Å²) in [6.45, 7) is 3.35. The van der Waals surface area contributed by atoms with Crippen LogP contribution in [0.5, 0.6) is 0 Å². The van der Waals surface area contributed by atoms with Crippen molar-refractivity contribution in [2.24, 2.45) is 0 Å². The minimum Gasteiger partial charge on any atom is -0.349 e. The summed E-state index contributed by atoms with van der Waals surface area (Å²) in [4.78, 5) is 12.0. The number of nitrogens with one attached hydrogen (secondary N) is 2. The average molecular weight is 298 g/mol. The molecule has 0 atom stereocenters. The van der Waals surface area contributed by atoms with Gasteiger partial charge in [-0.3, -0.25) is 4.79 Å². The van der Waals surface area contributed by atoms with Gasteiger partial charge >= 0.3 is 0 Å². The summed E-state index contributed by atoms with van der Waals surface area (Å²) in [5.41, 5.74) is 0.816. The van der Waals surface area contributed by atoms with Crippen LogP contribution >= 0.6 is 12.4 Å². The van der Waals surface area contributed by atoms with E-state index in [1.807, 2.05) is 6.07 Å². The maximum Gasteiger partial charge on any atom is 0.254 e. The van der Waals surface area contributed by atoms with Gasteiger partial charge in [-0.25, -0.2) is 4.39 Å². The van der Waals surface area contributed by atoms with Crippen molar-refractivity contribution in [2.75, 3.05) is 13.1 Å². The van der Waals surface area contributed by atoms with Crippen LogP contribution in [0.1, 0.15) is 34.3 Å². The molecule has 0 bridgehead atoms. The van der Waals surface area contributed by atoms with E-state index in [9.17, 15) is 9.18 Å². The second-order valence-corrected chi connectivity index (χ2v) is 4.76. The molecule has 1 saturated heterocycles. The Hall–Kier alpha value is -1.64. The highest BCUT2D eigenvalue weighted by molar-refractivity contribution is 5.95. The fraction of sp³-hybridized carbons (Fsp3) is 0.429. The predicted octanol–water partition coefficient (Wildman–Crippen LogP) is 1.91. The maximum absolute atomic E-state index is 13.8. The first-order valence-corrected chi connectivity index (χ1v) is 6.33. The lowest BCUT2D eigenvalue weighted by atomic mass is 10.0. The molecule has 0 unspecified atom stereocenters. The number of carbonyl (C=O) groups is 1. The fourth-order valence-corrected chi connectivity index (χ4v) is 2.20. The number of rotatable bonds is 2. The third-order valence-electron chi connectivity index (χ3n) is 3.35. The molecular formula is C14H17ClFN3O. The lowest BCUT2D eigenvalue weighted by Gasteiger charge is -2.23. The summed E-state index contributed by atoms with van der Waals surface area (Å²) in [6, 6.07) is 4.59. The zero-order chi connectivity index (χ0) is 13.8. The average Bonchev–Trinajstić information content (AvgIpc) is 2.40. The summed E-state index contributed by atoms with van der Waals surface area (Å²) in [6.07, 6.45) is 1.68. The molecule has 0 spiro atoms. The van der Waals surface area contributed by atoms with Crippen molar-refractivity contribution in [2.45, 2.75) is 25.8 Å². The first-order chi connectivity index (χ1) is 9.11. The molecule has 4 nitrogen and oxygen atoms in total. The molecule has 20 heavy (non-hydrogen) atoms. The molecule has 1 aromatic carbocycles. The van der Waals surface area contributed by atoms with Gasteiger partial charge in [-0.05, 0) is 50.6 Å². The van der Waals surface area contributed by atoms with E-state index in [4.69, 9.17) is 5.26 Å². The van der Waals surface area contributed by atoms with E-state index < -0.39 is 11.7 Å². The first kappa shape index (κ1) is 16.4. The van der Waals surface area contributed by atoms with E-state index >= 15 is 0 Å². The Morgan fingerprint density at radius 1 is 1.45 bits per heavy atom. The highest BCUT2D eigenvalue weighted by Crippen LogP contribution is 2.15. The Bertz CT molecular complexity index is 536. The van der Waals surface area contributed by atoms with Crippen LogP contribution in [-0.2, 0) is 0 Å². The number of halogens is 2. The van der Waals surface area contributed by atoms with Gasteiger partial charge in [0.2, 0.25) is 0 Å². The quantitative estimate of drug-likeness (QED) is 0.876. The van der Waals surface area contributed by atoms with Gasteiger partial charge in [0.05, 0.1) is 17.2 Å². The Balaban J connectivity index is 0.00000200. The summed E-state index contributed by atoms with van der Waals surface area (Å²) in [5.74, 6) is -1.02. The van der Waals surface area contributed by atoms with Crippen LogP contribution in [0, 0.1) is 24.1 Å². The first-order valence-electron chi connectivity index (χ1n) is 6.33. The fourth-order valence-electron chi connectivity index (χ4n) is 2.20. The van der Waals surface area contributed by atoms with E-state index in [1.165, 1.54) is 12.1 Å². The zero-order valence-electron chi connectivity index (χ0n) is 11.2. The van der Waals surface area contributed by atoms with E-state index in [0.717, 1.165) is 25.9 Å². The monoisotopic (exact) mass is 297 g/mol. The van der Waals surface area contributed by atoms with Crippen molar-refractivity contribution in [3.8, 4) is 6.07 Å². The van der Waals surface area contributed by atoms with Gasteiger partial charge in [0.25, 0.3) is 5.91 Å². The molecular weight excluding hydrogens is 281 g/mol. The highest BCUT2D eigenvalue weighted by atomic mass is 35.5. The number of piperidine rings is 1. The Labute approximate surface area is 123 Å². The van der Waals surface area contributed by atoms with Crippen LogP contribution in [0.15, 0.2) is 12.1 Å². The van der Waals surface area contributed by atoms with Crippen LogP contribution < -0.4 is 10.6 Å². The molecule has 1 aromatic rings. The van der Waals surface area contributed by atoms with Crippen LogP contribution in [-0.4, -0.2) is 25.0 Å². The third kappa shape index (κ3) is 3.69. The summed E-state index contributed by atoms with van der Waals surface area (Å²) in [7, 11) is 0. The molecule has 2 N–H and O–H groups in total. The van der Waals surface area contributed by atoms with Crippen LogP contribution in [0.25, 0.3) is 0 Å². The highest BCUT2D eigenvalue weighted by Gasteiger charge is 2.19. The number of nitrogens with zero attached hydrogens (tertiary/aromatic N) is 1. The largest absolute Gasteiger partial charge is 0.349 e. The molecule has 1 aliphatic heterocycles. The van der Waals surface area contributed by atoms with Gasteiger partial charge in [0.15, 0.2) is 0 Å². The molecule has 0 aliphatic carbocycles. The molecule has 108 valence electrons. The summed E-state index contributed by atoms with van der Waals surface area (Å²) in [5, 5.41) is 14.9. The van der Waals surface area contributed by atoms with Crippen molar-refractivity contribution >= 4 is 18.3 Å². The third-order valence-corrected chi connectivity index (χ3v) is 3.35. The number of aryl methyl sites for hydroxylation is 1. The molecule has 1 amide bonds. The molecule has 2 rings (SSSR count). The topological polar surface area (TPSA) is 64.9 Å². The van der Waals surface area contributed by atoms with Crippen molar-refractivity contribution in [3.63, 3.8) is 0 Å². The summed E-state index contributed by atoms with van der Waals surface area (Å²) >= 11 is 0. The standard InChI is InChI=1S/C14H16FN3O.ClH/c1-9-6-13(15)12(7-10(9)8-16)14(19)18-11-2-4-17-5-3-11;/h6-7,11,17H,2-5H2,1H3,(H,18,19);1H. The van der Waals surface area contributed by atoms with Gasteiger partial charge in [0, 0.05) is 6.04 Å². The number of amides is 1. The van der Waals surface area contributed by atoms with Crippen LogP contribution in [0.4, 0.5) is 4.39 Å². The Morgan fingerprint density at radius 3 is 2.70 bits per heavy atom. The molecule has 1 fully saturated rings. The molecule has 0 aromatic heterocycles. The van der Waals surface area contributed by atoms with Crippen molar-refractivity contribution in [3.05, 3.63) is 34.6 Å². The van der Waals surface area contributed by atoms with Crippen molar-refractivity contribution in [1.82, 2.24) is 10.6 Å². The molecule has 0 radical (unpaired) electrons. The second kappa shape index (κ2) is 7.22. The predicted molar refractivity (Wildman–Crippen MR) is 76.5 cm³/mol. The zero-order valence-corrected chi connectivity index (χ0v) is 12.0. The van der Waals surface area contributed by atoms with Crippen molar-refractivity contribution < 1.29 is 9.18 Å². The number of hydrogen-bond acceptors (Lipinski definition) is 3. The van der Waals surface area contributed by atoms with Gasteiger partial charge in [0.1, 0.15) is 5.82 Å². The van der Waals surface area contributed by atoms with Crippen LogP contribution in [0.3, 0.4) is 0 Å². The minimum absolute atomic E-state index is 0. The molecule has 0 saturated carbocycles. The van der Waals surface area contributed by atoms with E-state index in [2.05, 4.69) is 10.6 Å². The van der Waals surface area contributed by atoms with Crippen LogP contribution in [0.2, 0.25) is 0 Å². The minimum atomic E-state index is -0.581. The van der Waals surface area contributed by atoms with E-state index in [1.54, 1.807) is 6.92 Å². The Kier molecular flexibility index (Phi) is 5.93. The Morgan fingerprint density at radius 2 is 2.10 bits per heavy atom. The van der Waals surface area contributed by atoms with Gasteiger partial charge in [-0.15, -0.1) is 12.4 Å². The summed E-state index contributed by atoms with van der Waals surface area (Å²) < 4.78 is 13.8. The molecule has 1 aliphatic rings.